The van der Waals surface area contributed by atoms with Gasteiger partial charge in [-0.1, -0.05) is 23.8 Å². The molecule has 40 heavy (non-hydrogen) atoms. The summed E-state index contributed by atoms with van der Waals surface area (Å²) in [5.41, 5.74) is 1.96. The van der Waals surface area contributed by atoms with Crippen LogP contribution in [0.2, 0.25) is 0 Å². The van der Waals surface area contributed by atoms with Crippen LogP contribution in [-0.4, -0.2) is 96.4 Å². The SMILES string of the molecule is COCC(=O)N1CCN(Cc2ccc(OCCn3cc(C)cn3)c(OC)c2)C[C@@](O)(COc2ccc(C)cc2)C1. The molecule has 1 fully saturated rings. The van der Waals surface area contributed by atoms with Crippen LogP contribution in [0.15, 0.2) is 54.9 Å². The van der Waals surface area contributed by atoms with E-state index in [1.807, 2.05) is 73.4 Å². The highest BCUT2D eigenvalue weighted by atomic mass is 16.5. The lowest BCUT2D eigenvalue weighted by Crippen LogP contribution is -2.52. The number of nitrogens with zero attached hydrogens (tertiary/aromatic N) is 4. The summed E-state index contributed by atoms with van der Waals surface area (Å²) in [6, 6.07) is 13.5. The summed E-state index contributed by atoms with van der Waals surface area (Å²) in [4.78, 5) is 16.5. The third-order valence-corrected chi connectivity index (χ3v) is 6.81. The predicted octanol–water partition coefficient (Wildman–Crippen LogP) is 2.69. The van der Waals surface area contributed by atoms with Gasteiger partial charge < -0.3 is 29.0 Å². The number of carbonyl (C=O) groups excluding carboxylic acids is 1. The van der Waals surface area contributed by atoms with Gasteiger partial charge in [-0.25, -0.2) is 0 Å². The first-order valence-electron chi connectivity index (χ1n) is 13.5. The van der Waals surface area contributed by atoms with Gasteiger partial charge in [0.2, 0.25) is 5.91 Å². The van der Waals surface area contributed by atoms with E-state index in [-0.39, 0.29) is 25.7 Å². The minimum atomic E-state index is -1.28. The maximum atomic E-state index is 12.7. The number of rotatable bonds is 12. The molecule has 1 aliphatic heterocycles. The normalized spacial score (nSPS) is 17.9. The van der Waals surface area contributed by atoms with E-state index in [2.05, 4.69) is 10.00 Å². The van der Waals surface area contributed by atoms with E-state index >= 15 is 0 Å². The number of carbonyl (C=O) groups is 1. The Hall–Kier alpha value is -3.60. The van der Waals surface area contributed by atoms with E-state index in [4.69, 9.17) is 18.9 Å². The summed E-state index contributed by atoms with van der Waals surface area (Å²) >= 11 is 0. The minimum Gasteiger partial charge on any atom is -0.493 e. The van der Waals surface area contributed by atoms with Gasteiger partial charge in [0.15, 0.2) is 11.5 Å². The van der Waals surface area contributed by atoms with Crippen molar-refractivity contribution in [3.05, 3.63) is 71.5 Å². The second-order valence-electron chi connectivity index (χ2n) is 10.4. The van der Waals surface area contributed by atoms with Gasteiger partial charge in [0, 0.05) is 39.5 Å². The fraction of sp³-hybridized carbons (Fsp3) is 0.467. The fourth-order valence-corrected chi connectivity index (χ4v) is 4.77. The predicted molar refractivity (Wildman–Crippen MR) is 151 cm³/mol. The molecule has 0 radical (unpaired) electrons. The van der Waals surface area contributed by atoms with Crippen molar-refractivity contribution in [1.82, 2.24) is 19.6 Å². The molecule has 10 nitrogen and oxygen atoms in total. The largest absolute Gasteiger partial charge is 0.493 e. The van der Waals surface area contributed by atoms with Gasteiger partial charge in [-0.3, -0.25) is 14.4 Å². The van der Waals surface area contributed by atoms with Crippen LogP contribution in [0, 0.1) is 13.8 Å². The molecule has 1 atom stereocenters. The molecule has 1 saturated heterocycles. The van der Waals surface area contributed by atoms with Crippen LogP contribution in [0.1, 0.15) is 16.7 Å². The average Bonchev–Trinajstić information content (AvgIpc) is 3.27. The summed E-state index contributed by atoms with van der Waals surface area (Å²) in [6.07, 6.45) is 3.79. The molecule has 0 saturated carbocycles. The Morgan fingerprint density at radius 1 is 1.00 bits per heavy atom. The van der Waals surface area contributed by atoms with Crippen LogP contribution in [0.3, 0.4) is 0 Å². The molecule has 0 bridgehead atoms. The topological polar surface area (TPSA) is 98.5 Å². The number of benzene rings is 2. The van der Waals surface area contributed by atoms with Gasteiger partial charge >= 0.3 is 0 Å². The summed E-state index contributed by atoms with van der Waals surface area (Å²) in [6.45, 7) is 7.23. The zero-order chi connectivity index (χ0) is 28.5. The van der Waals surface area contributed by atoms with E-state index in [9.17, 15) is 9.90 Å². The summed E-state index contributed by atoms with van der Waals surface area (Å²) in [5, 5.41) is 16.0. The molecule has 10 heteroatoms. The quantitative estimate of drug-likeness (QED) is 0.366. The van der Waals surface area contributed by atoms with Crippen molar-refractivity contribution in [2.75, 3.05) is 60.2 Å². The highest BCUT2D eigenvalue weighted by Crippen LogP contribution is 2.29. The van der Waals surface area contributed by atoms with Gasteiger partial charge in [-0.05, 0) is 49.2 Å². The summed E-state index contributed by atoms with van der Waals surface area (Å²) in [7, 11) is 3.11. The Morgan fingerprint density at radius 3 is 2.50 bits per heavy atom. The van der Waals surface area contributed by atoms with E-state index in [1.165, 1.54) is 7.11 Å². The van der Waals surface area contributed by atoms with E-state index in [1.54, 1.807) is 12.0 Å². The van der Waals surface area contributed by atoms with Crippen molar-refractivity contribution in [2.45, 2.75) is 32.5 Å². The maximum absolute atomic E-state index is 12.7. The van der Waals surface area contributed by atoms with Crippen LogP contribution in [-0.2, 0) is 22.6 Å². The third kappa shape index (κ3) is 8.20. The average molecular weight is 553 g/mol. The molecule has 0 unspecified atom stereocenters. The number of amides is 1. The molecule has 1 aromatic heterocycles. The Kier molecular flexibility index (Phi) is 10.0. The molecule has 2 heterocycles. The Bertz CT molecular complexity index is 1250. The zero-order valence-corrected chi connectivity index (χ0v) is 23.8. The molecule has 0 spiro atoms. The molecule has 4 rings (SSSR count). The summed E-state index contributed by atoms with van der Waals surface area (Å²) < 4.78 is 24.5. The highest BCUT2D eigenvalue weighted by Gasteiger charge is 2.37. The number of ether oxygens (including phenoxy) is 4. The number of methoxy groups -OCH3 is 2. The molecule has 0 aliphatic carbocycles. The van der Waals surface area contributed by atoms with Crippen molar-refractivity contribution < 1.29 is 28.8 Å². The zero-order valence-electron chi connectivity index (χ0n) is 23.8. The smallest absolute Gasteiger partial charge is 0.248 e. The third-order valence-electron chi connectivity index (χ3n) is 6.81. The van der Waals surface area contributed by atoms with E-state index < -0.39 is 5.60 Å². The van der Waals surface area contributed by atoms with Crippen LogP contribution in [0.25, 0.3) is 0 Å². The molecule has 1 N–H and O–H groups in total. The monoisotopic (exact) mass is 552 g/mol. The van der Waals surface area contributed by atoms with Gasteiger partial charge in [0.05, 0.1) is 26.4 Å². The number of hydrogen-bond donors (Lipinski definition) is 1. The van der Waals surface area contributed by atoms with E-state index in [0.717, 1.165) is 16.7 Å². The molecule has 2 aromatic carbocycles. The minimum absolute atomic E-state index is 0.0342. The van der Waals surface area contributed by atoms with Gasteiger partial charge in [-0.15, -0.1) is 0 Å². The summed E-state index contributed by atoms with van der Waals surface area (Å²) in [5.74, 6) is 1.81. The second kappa shape index (κ2) is 13.6. The Balaban J connectivity index is 1.43. The molecular weight excluding hydrogens is 512 g/mol. The highest BCUT2D eigenvalue weighted by molar-refractivity contribution is 5.77. The molecule has 216 valence electrons. The van der Waals surface area contributed by atoms with Gasteiger partial charge in [0.25, 0.3) is 0 Å². The van der Waals surface area contributed by atoms with Gasteiger partial charge in [0.1, 0.15) is 31.2 Å². The van der Waals surface area contributed by atoms with Crippen LogP contribution in [0.4, 0.5) is 0 Å². The number of aliphatic hydroxyl groups is 1. The second-order valence-corrected chi connectivity index (χ2v) is 10.4. The number of hydrogen-bond acceptors (Lipinski definition) is 8. The fourth-order valence-electron chi connectivity index (χ4n) is 4.77. The standard InChI is InChI=1S/C30H40N4O6/c1-23-5-8-26(9-6-23)40-22-30(36)20-32(11-12-33(21-30)29(35)19-37-3)18-25-7-10-27(28(15-25)38-4)39-14-13-34-17-24(2)16-31-34/h5-10,15-17,36H,11-14,18-22H2,1-4H3/t30-/m0/s1. The first kappa shape index (κ1) is 29.4. The Morgan fingerprint density at radius 2 is 1.80 bits per heavy atom. The number of aromatic nitrogens is 2. The van der Waals surface area contributed by atoms with Crippen LogP contribution >= 0.6 is 0 Å². The lowest BCUT2D eigenvalue weighted by molar-refractivity contribution is -0.138. The molecular formula is C30H40N4O6. The van der Waals surface area contributed by atoms with Crippen molar-refractivity contribution in [1.29, 1.82) is 0 Å². The number of β-amino-alcohol motifs (C(OH)–C–C–N with tert-alkyl or cyclic N) is 1. The molecule has 3 aromatic rings. The molecule has 1 aliphatic rings. The first-order valence-corrected chi connectivity index (χ1v) is 13.5. The molecule has 1 amide bonds. The van der Waals surface area contributed by atoms with Crippen molar-refractivity contribution >= 4 is 5.91 Å². The van der Waals surface area contributed by atoms with Crippen molar-refractivity contribution in [3.63, 3.8) is 0 Å². The van der Waals surface area contributed by atoms with E-state index in [0.29, 0.717) is 56.6 Å². The maximum Gasteiger partial charge on any atom is 0.248 e. The lowest BCUT2D eigenvalue weighted by atomic mass is 10.0. The number of aryl methyl sites for hydroxylation is 2. The Labute approximate surface area is 236 Å². The van der Waals surface area contributed by atoms with Crippen molar-refractivity contribution in [3.8, 4) is 17.2 Å². The van der Waals surface area contributed by atoms with Crippen LogP contribution in [0.5, 0.6) is 17.2 Å². The van der Waals surface area contributed by atoms with Gasteiger partial charge in [-0.2, -0.15) is 5.10 Å². The van der Waals surface area contributed by atoms with Crippen molar-refractivity contribution in [2.24, 2.45) is 0 Å². The lowest BCUT2D eigenvalue weighted by Gasteiger charge is -2.33. The van der Waals surface area contributed by atoms with Crippen LogP contribution < -0.4 is 14.2 Å². The first-order chi connectivity index (χ1) is 19.3.